The highest BCUT2D eigenvalue weighted by Gasteiger charge is 2.27. The molecule has 1 aliphatic heterocycles. The highest BCUT2D eigenvalue weighted by atomic mass is 35.5. The summed E-state index contributed by atoms with van der Waals surface area (Å²) in [6.45, 7) is 4.13. The zero-order chi connectivity index (χ0) is 12.5. The lowest BCUT2D eigenvalue weighted by molar-refractivity contribution is 0.171. The fourth-order valence-corrected chi connectivity index (χ4v) is 4.14. The van der Waals surface area contributed by atoms with Crippen LogP contribution in [0.2, 0.25) is 4.34 Å². The quantitative estimate of drug-likeness (QED) is 0.864. The van der Waals surface area contributed by atoms with Crippen molar-refractivity contribution < 1.29 is 0 Å². The molecule has 3 heterocycles. The standard InChI is InChI=1S/C12H14ClN3S2/c1-2-10-8-4-6-17-11(8)3-5-16(10)7-9-12(13)18-15-14-9/h4,6,10H,2-3,5,7H2,1H3. The van der Waals surface area contributed by atoms with Crippen LogP contribution in [0.15, 0.2) is 11.4 Å². The second-order valence-electron chi connectivity index (χ2n) is 4.44. The van der Waals surface area contributed by atoms with Crippen molar-refractivity contribution >= 4 is 34.5 Å². The number of fused-ring (bicyclic) bond motifs is 1. The number of hydrogen-bond acceptors (Lipinski definition) is 5. The summed E-state index contributed by atoms with van der Waals surface area (Å²) < 4.78 is 4.63. The topological polar surface area (TPSA) is 29.0 Å². The van der Waals surface area contributed by atoms with Gasteiger partial charge in [-0.25, -0.2) is 0 Å². The van der Waals surface area contributed by atoms with E-state index >= 15 is 0 Å². The first-order chi connectivity index (χ1) is 8.79. The number of rotatable bonds is 3. The molecule has 0 saturated heterocycles. The van der Waals surface area contributed by atoms with Crippen LogP contribution in [0.4, 0.5) is 0 Å². The maximum Gasteiger partial charge on any atom is 0.138 e. The normalized spacial score (nSPS) is 20.0. The molecule has 2 aromatic rings. The first kappa shape index (κ1) is 12.5. The summed E-state index contributed by atoms with van der Waals surface area (Å²) >= 11 is 9.25. The highest BCUT2D eigenvalue weighted by Crippen LogP contribution is 2.36. The van der Waals surface area contributed by atoms with Crippen molar-refractivity contribution in [2.45, 2.75) is 32.4 Å². The zero-order valence-corrected chi connectivity index (χ0v) is 12.5. The van der Waals surface area contributed by atoms with Crippen LogP contribution in [0.1, 0.15) is 35.5 Å². The van der Waals surface area contributed by atoms with Crippen LogP contribution in [0.5, 0.6) is 0 Å². The SMILES string of the molecule is CCC1c2ccsc2CCN1Cc1nnsc1Cl. The van der Waals surface area contributed by atoms with Gasteiger partial charge in [0.05, 0.1) is 0 Å². The summed E-state index contributed by atoms with van der Waals surface area (Å²) in [6, 6.07) is 2.76. The van der Waals surface area contributed by atoms with Gasteiger partial charge in [0.1, 0.15) is 10.0 Å². The molecule has 0 N–H and O–H groups in total. The van der Waals surface area contributed by atoms with Crippen molar-refractivity contribution in [1.29, 1.82) is 0 Å². The predicted molar refractivity (Wildman–Crippen MR) is 76.4 cm³/mol. The molecule has 1 atom stereocenters. The van der Waals surface area contributed by atoms with Crippen LogP contribution in [0, 0.1) is 0 Å². The van der Waals surface area contributed by atoms with E-state index < -0.39 is 0 Å². The average molecular weight is 300 g/mol. The number of halogens is 1. The molecular weight excluding hydrogens is 286 g/mol. The fourth-order valence-electron chi connectivity index (χ4n) is 2.60. The monoisotopic (exact) mass is 299 g/mol. The van der Waals surface area contributed by atoms with E-state index in [0.717, 1.165) is 36.0 Å². The van der Waals surface area contributed by atoms with Crippen LogP contribution >= 0.6 is 34.5 Å². The second kappa shape index (κ2) is 5.25. The van der Waals surface area contributed by atoms with Crippen molar-refractivity contribution in [3.63, 3.8) is 0 Å². The zero-order valence-electron chi connectivity index (χ0n) is 10.1. The molecule has 0 saturated carbocycles. The second-order valence-corrected chi connectivity index (χ2v) is 6.79. The van der Waals surface area contributed by atoms with Crippen molar-refractivity contribution in [2.75, 3.05) is 6.54 Å². The summed E-state index contributed by atoms with van der Waals surface area (Å²) in [5, 5.41) is 6.32. The summed E-state index contributed by atoms with van der Waals surface area (Å²) in [4.78, 5) is 4.01. The van der Waals surface area contributed by atoms with Crippen molar-refractivity contribution in [2.24, 2.45) is 0 Å². The van der Waals surface area contributed by atoms with Gasteiger partial charge < -0.3 is 0 Å². The third-order valence-electron chi connectivity index (χ3n) is 3.45. The lowest BCUT2D eigenvalue weighted by Gasteiger charge is -2.34. The molecule has 3 rings (SSSR count). The predicted octanol–water partition coefficient (Wildman–Crippen LogP) is 3.76. The minimum Gasteiger partial charge on any atom is -0.290 e. The van der Waals surface area contributed by atoms with Gasteiger partial charge in [0, 0.05) is 35.5 Å². The lowest BCUT2D eigenvalue weighted by atomic mass is 9.98. The van der Waals surface area contributed by atoms with E-state index in [1.165, 1.54) is 17.1 Å². The Kier molecular flexibility index (Phi) is 3.66. The Morgan fingerprint density at radius 3 is 3.17 bits per heavy atom. The van der Waals surface area contributed by atoms with Crippen LogP contribution in [0.25, 0.3) is 0 Å². The van der Waals surface area contributed by atoms with Gasteiger partial charge in [-0.05, 0) is 29.9 Å². The fraction of sp³-hybridized carbons (Fsp3) is 0.500. The van der Waals surface area contributed by atoms with Crippen LogP contribution in [-0.4, -0.2) is 21.0 Å². The van der Waals surface area contributed by atoms with Gasteiger partial charge in [0.25, 0.3) is 0 Å². The molecule has 0 amide bonds. The molecule has 18 heavy (non-hydrogen) atoms. The van der Waals surface area contributed by atoms with Crippen LogP contribution in [-0.2, 0) is 13.0 Å². The molecule has 3 nitrogen and oxygen atoms in total. The molecular formula is C12H14ClN3S2. The number of thiophene rings is 1. The van der Waals surface area contributed by atoms with Gasteiger partial charge in [0.15, 0.2) is 0 Å². The van der Waals surface area contributed by atoms with E-state index in [1.54, 1.807) is 4.88 Å². The molecule has 0 spiro atoms. The summed E-state index contributed by atoms with van der Waals surface area (Å²) in [7, 11) is 0. The Bertz CT molecular complexity index is 537. The Morgan fingerprint density at radius 1 is 1.56 bits per heavy atom. The average Bonchev–Trinajstić information content (AvgIpc) is 2.99. The van der Waals surface area contributed by atoms with E-state index in [0.29, 0.717) is 6.04 Å². The Hall–Kier alpha value is -0.490. The molecule has 0 aromatic carbocycles. The van der Waals surface area contributed by atoms with E-state index in [1.807, 2.05) is 11.3 Å². The van der Waals surface area contributed by atoms with E-state index in [2.05, 4.69) is 32.9 Å². The highest BCUT2D eigenvalue weighted by molar-refractivity contribution is 7.10. The molecule has 0 aliphatic carbocycles. The molecule has 1 unspecified atom stereocenters. The van der Waals surface area contributed by atoms with E-state index in [-0.39, 0.29) is 0 Å². The van der Waals surface area contributed by atoms with E-state index in [4.69, 9.17) is 11.6 Å². The molecule has 0 bridgehead atoms. The Morgan fingerprint density at radius 2 is 2.44 bits per heavy atom. The Balaban J connectivity index is 1.83. The number of nitrogens with zero attached hydrogens (tertiary/aromatic N) is 3. The van der Waals surface area contributed by atoms with Crippen LogP contribution in [0.3, 0.4) is 0 Å². The molecule has 1 aliphatic rings. The van der Waals surface area contributed by atoms with Gasteiger partial charge >= 0.3 is 0 Å². The van der Waals surface area contributed by atoms with Gasteiger partial charge in [-0.1, -0.05) is 23.0 Å². The molecule has 96 valence electrons. The summed E-state index contributed by atoms with van der Waals surface area (Å²) in [5.41, 5.74) is 2.41. The number of aromatic nitrogens is 2. The summed E-state index contributed by atoms with van der Waals surface area (Å²) in [5.74, 6) is 0. The molecule has 0 radical (unpaired) electrons. The van der Waals surface area contributed by atoms with Gasteiger partial charge in [0.2, 0.25) is 0 Å². The van der Waals surface area contributed by atoms with Crippen molar-refractivity contribution in [3.8, 4) is 0 Å². The van der Waals surface area contributed by atoms with Gasteiger partial charge in [-0.15, -0.1) is 16.4 Å². The van der Waals surface area contributed by atoms with Crippen LogP contribution < -0.4 is 0 Å². The first-order valence-corrected chi connectivity index (χ1v) is 8.09. The third kappa shape index (κ3) is 2.20. The molecule has 0 fully saturated rings. The smallest absolute Gasteiger partial charge is 0.138 e. The Labute approximate surface area is 120 Å². The van der Waals surface area contributed by atoms with Crippen molar-refractivity contribution in [3.05, 3.63) is 31.9 Å². The number of hydrogen-bond donors (Lipinski definition) is 0. The minimum atomic E-state index is 0.498. The first-order valence-electron chi connectivity index (χ1n) is 6.06. The third-order valence-corrected chi connectivity index (χ3v) is 5.44. The van der Waals surface area contributed by atoms with Gasteiger partial charge in [-0.3, -0.25) is 4.90 Å². The van der Waals surface area contributed by atoms with Gasteiger partial charge in [-0.2, -0.15) is 0 Å². The molecule has 6 heteroatoms. The minimum absolute atomic E-state index is 0.498. The summed E-state index contributed by atoms with van der Waals surface area (Å²) in [6.07, 6.45) is 2.26. The van der Waals surface area contributed by atoms with E-state index in [9.17, 15) is 0 Å². The lowest BCUT2D eigenvalue weighted by Crippen LogP contribution is -2.34. The maximum absolute atomic E-state index is 6.10. The molecule has 2 aromatic heterocycles. The maximum atomic E-state index is 6.10. The van der Waals surface area contributed by atoms with Crippen molar-refractivity contribution in [1.82, 2.24) is 14.5 Å². The largest absolute Gasteiger partial charge is 0.290 e.